The number of aromatic nitrogens is 2. The third kappa shape index (κ3) is 3.31. The molecule has 0 fully saturated rings. The molecule has 8 nitrogen and oxygen atoms in total. The normalized spacial score (nSPS) is 13.6. The summed E-state index contributed by atoms with van der Waals surface area (Å²) >= 11 is 1.16. The van der Waals surface area contributed by atoms with Crippen LogP contribution in [0.15, 0.2) is 50.7 Å². The lowest BCUT2D eigenvalue weighted by Gasteiger charge is -2.10. The SMILES string of the molecule is C[C@@H](Sc1nnc(-c2ccco2)o1)C(=O)Nc1ccc2c(c1)OCO2. The molecular weight excluding hydrogens is 346 g/mol. The molecule has 0 radical (unpaired) electrons. The fourth-order valence-electron chi connectivity index (χ4n) is 2.18. The number of anilines is 1. The summed E-state index contributed by atoms with van der Waals surface area (Å²) in [5.41, 5.74) is 0.628. The zero-order valence-electron chi connectivity index (χ0n) is 13.1. The molecule has 0 saturated heterocycles. The van der Waals surface area contributed by atoms with E-state index in [1.807, 2.05) is 0 Å². The highest BCUT2D eigenvalue weighted by Gasteiger charge is 2.20. The van der Waals surface area contributed by atoms with E-state index in [1.54, 1.807) is 37.3 Å². The van der Waals surface area contributed by atoms with E-state index in [2.05, 4.69) is 15.5 Å². The van der Waals surface area contributed by atoms with Crippen LogP contribution in [-0.2, 0) is 4.79 Å². The first-order valence-electron chi connectivity index (χ1n) is 7.43. The van der Waals surface area contributed by atoms with Crippen LogP contribution < -0.4 is 14.8 Å². The zero-order chi connectivity index (χ0) is 17.2. The van der Waals surface area contributed by atoms with Gasteiger partial charge in [-0.1, -0.05) is 11.8 Å². The highest BCUT2D eigenvalue weighted by atomic mass is 32.2. The van der Waals surface area contributed by atoms with Gasteiger partial charge in [0.2, 0.25) is 12.7 Å². The van der Waals surface area contributed by atoms with Crippen molar-refractivity contribution >= 4 is 23.4 Å². The average molecular weight is 359 g/mol. The highest BCUT2D eigenvalue weighted by Crippen LogP contribution is 2.34. The van der Waals surface area contributed by atoms with Gasteiger partial charge in [-0.3, -0.25) is 4.79 Å². The molecule has 0 unspecified atom stereocenters. The van der Waals surface area contributed by atoms with Crippen molar-refractivity contribution in [3.63, 3.8) is 0 Å². The van der Waals surface area contributed by atoms with Crippen LogP contribution in [0.4, 0.5) is 5.69 Å². The van der Waals surface area contributed by atoms with Crippen molar-refractivity contribution in [2.75, 3.05) is 12.1 Å². The van der Waals surface area contributed by atoms with Crippen molar-refractivity contribution in [2.45, 2.75) is 17.4 Å². The third-order valence-electron chi connectivity index (χ3n) is 3.43. The summed E-state index contributed by atoms with van der Waals surface area (Å²) in [4.78, 5) is 12.3. The summed E-state index contributed by atoms with van der Waals surface area (Å²) in [6.45, 7) is 1.94. The van der Waals surface area contributed by atoms with Gasteiger partial charge >= 0.3 is 0 Å². The lowest BCUT2D eigenvalue weighted by Crippen LogP contribution is -2.22. The number of rotatable bonds is 5. The van der Waals surface area contributed by atoms with Gasteiger partial charge in [0, 0.05) is 11.8 Å². The van der Waals surface area contributed by atoms with Gasteiger partial charge in [0.1, 0.15) is 0 Å². The quantitative estimate of drug-likeness (QED) is 0.693. The molecule has 0 aliphatic carbocycles. The Morgan fingerprint density at radius 1 is 1.24 bits per heavy atom. The maximum atomic E-state index is 12.3. The van der Waals surface area contributed by atoms with Gasteiger partial charge in [0.15, 0.2) is 17.3 Å². The number of benzene rings is 1. The first-order valence-corrected chi connectivity index (χ1v) is 8.31. The Bertz CT molecular complexity index is 893. The van der Waals surface area contributed by atoms with Crippen LogP contribution in [0.3, 0.4) is 0 Å². The van der Waals surface area contributed by atoms with E-state index in [0.717, 1.165) is 11.8 Å². The lowest BCUT2D eigenvalue weighted by atomic mass is 10.2. The maximum absolute atomic E-state index is 12.3. The molecule has 1 N–H and O–H groups in total. The predicted octanol–water partition coefficient (Wildman–Crippen LogP) is 3.18. The topological polar surface area (TPSA) is 99.6 Å². The number of thioether (sulfide) groups is 1. The van der Waals surface area contributed by atoms with Crippen LogP contribution in [0.2, 0.25) is 0 Å². The van der Waals surface area contributed by atoms with Gasteiger partial charge in [-0.25, -0.2) is 0 Å². The van der Waals surface area contributed by atoms with E-state index in [-0.39, 0.29) is 18.6 Å². The summed E-state index contributed by atoms with van der Waals surface area (Å²) in [5.74, 6) is 1.84. The Morgan fingerprint density at radius 2 is 2.12 bits per heavy atom. The second-order valence-electron chi connectivity index (χ2n) is 5.17. The van der Waals surface area contributed by atoms with Crippen molar-refractivity contribution in [3.8, 4) is 23.1 Å². The number of carbonyl (C=O) groups is 1. The number of hydrogen-bond acceptors (Lipinski definition) is 8. The van der Waals surface area contributed by atoms with Crippen LogP contribution >= 0.6 is 11.8 Å². The van der Waals surface area contributed by atoms with E-state index in [4.69, 9.17) is 18.3 Å². The molecule has 0 spiro atoms. The van der Waals surface area contributed by atoms with Crippen LogP contribution in [0, 0.1) is 0 Å². The van der Waals surface area contributed by atoms with Gasteiger partial charge in [-0.2, -0.15) is 0 Å². The van der Waals surface area contributed by atoms with Gasteiger partial charge in [0.05, 0.1) is 11.5 Å². The largest absolute Gasteiger partial charge is 0.459 e. The van der Waals surface area contributed by atoms with E-state index in [9.17, 15) is 4.79 Å². The number of carbonyl (C=O) groups excluding carboxylic acids is 1. The summed E-state index contributed by atoms with van der Waals surface area (Å²) < 4.78 is 21.2. The molecule has 3 aromatic rings. The Balaban J connectivity index is 1.39. The monoisotopic (exact) mass is 359 g/mol. The number of furan rings is 1. The number of nitrogens with one attached hydrogen (secondary N) is 1. The summed E-state index contributed by atoms with van der Waals surface area (Å²) in [6.07, 6.45) is 1.52. The minimum absolute atomic E-state index is 0.189. The van der Waals surface area contributed by atoms with Crippen molar-refractivity contribution in [1.82, 2.24) is 10.2 Å². The van der Waals surface area contributed by atoms with Crippen molar-refractivity contribution < 1.29 is 23.1 Å². The molecule has 25 heavy (non-hydrogen) atoms. The summed E-state index contributed by atoms with van der Waals surface area (Å²) in [7, 11) is 0. The van der Waals surface area contributed by atoms with Crippen molar-refractivity contribution in [2.24, 2.45) is 0 Å². The van der Waals surface area contributed by atoms with E-state index >= 15 is 0 Å². The number of nitrogens with zero attached hydrogens (tertiary/aromatic N) is 2. The maximum Gasteiger partial charge on any atom is 0.284 e. The molecule has 0 bridgehead atoms. The van der Waals surface area contributed by atoms with Crippen LogP contribution in [0.5, 0.6) is 11.5 Å². The minimum Gasteiger partial charge on any atom is -0.459 e. The molecule has 1 aliphatic rings. The molecular formula is C16H13N3O5S. The molecule has 4 rings (SSSR count). The van der Waals surface area contributed by atoms with Crippen LogP contribution in [-0.4, -0.2) is 28.1 Å². The molecule has 9 heteroatoms. The number of ether oxygens (including phenoxy) is 2. The predicted molar refractivity (Wildman–Crippen MR) is 88.5 cm³/mol. The van der Waals surface area contributed by atoms with Gasteiger partial charge in [-0.05, 0) is 31.2 Å². The van der Waals surface area contributed by atoms with E-state index < -0.39 is 5.25 Å². The molecule has 128 valence electrons. The highest BCUT2D eigenvalue weighted by molar-refractivity contribution is 8.00. The van der Waals surface area contributed by atoms with Crippen molar-refractivity contribution in [1.29, 1.82) is 0 Å². The Labute approximate surface area is 146 Å². The first-order chi connectivity index (χ1) is 12.2. The van der Waals surface area contributed by atoms with Crippen LogP contribution in [0.1, 0.15) is 6.92 Å². The van der Waals surface area contributed by atoms with E-state index in [0.29, 0.717) is 28.2 Å². The zero-order valence-corrected chi connectivity index (χ0v) is 13.9. The second-order valence-corrected chi connectivity index (χ2v) is 6.46. The Hall–Kier alpha value is -2.94. The second kappa shape index (κ2) is 6.52. The molecule has 1 atom stereocenters. The number of hydrogen-bond donors (Lipinski definition) is 1. The fourth-order valence-corrected chi connectivity index (χ4v) is 2.86. The standard InChI is InChI=1S/C16H13N3O5S/c1-9(25-16-19-18-15(24-16)12-3-2-6-21-12)14(20)17-10-4-5-11-13(7-10)23-8-22-11/h2-7,9H,8H2,1H3,(H,17,20)/t9-/m1/s1. The van der Waals surface area contributed by atoms with Crippen LogP contribution in [0.25, 0.3) is 11.7 Å². The molecule has 0 saturated carbocycles. The first kappa shape index (κ1) is 15.6. The molecule has 1 amide bonds. The lowest BCUT2D eigenvalue weighted by molar-refractivity contribution is -0.115. The minimum atomic E-state index is -0.435. The van der Waals surface area contributed by atoms with Gasteiger partial charge in [-0.15, -0.1) is 10.2 Å². The smallest absolute Gasteiger partial charge is 0.284 e. The summed E-state index contributed by atoms with van der Waals surface area (Å²) in [6, 6.07) is 8.68. The molecule has 2 aromatic heterocycles. The Kier molecular flexibility index (Phi) is 4.06. The van der Waals surface area contributed by atoms with E-state index in [1.165, 1.54) is 6.26 Å². The molecule has 3 heterocycles. The molecule has 1 aromatic carbocycles. The molecule has 1 aliphatic heterocycles. The van der Waals surface area contributed by atoms with Crippen molar-refractivity contribution in [3.05, 3.63) is 36.6 Å². The summed E-state index contributed by atoms with van der Waals surface area (Å²) in [5, 5.41) is 10.5. The number of amides is 1. The fraction of sp³-hybridized carbons (Fsp3) is 0.188. The Morgan fingerprint density at radius 3 is 2.96 bits per heavy atom. The number of fused-ring (bicyclic) bond motifs is 1. The van der Waals surface area contributed by atoms with Gasteiger partial charge in [0.25, 0.3) is 11.1 Å². The van der Waals surface area contributed by atoms with Gasteiger partial charge < -0.3 is 23.6 Å². The third-order valence-corrected chi connectivity index (χ3v) is 4.36. The average Bonchev–Trinajstić information content (AvgIpc) is 3.35.